The number of nitrogens with one attached hydrogen (secondary N) is 1. The highest BCUT2D eigenvalue weighted by atomic mass is 16.5. The number of ether oxygens (including phenoxy) is 1. The van der Waals surface area contributed by atoms with Gasteiger partial charge in [-0.2, -0.15) is 0 Å². The number of benzene rings is 2. The lowest BCUT2D eigenvalue weighted by atomic mass is 10.2. The highest BCUT2D eigenvalue weighted by Crippen LogP contribution is 2.15. The van der Waals surface area contributed by atoms with Gasteiger partial charge in [0.05, 0.1) is 0 Å². The lowest BCUT2D eigenvalue weighted by molar-refractivity contribution is -0.123. The monoisotopic (exact) mass is 339 g/mol. The lowest BCUT2D eigenvalue weighted by Crippen LogP contribution is -2.48. The molecule has 0 spiro atoms. The molecule has 0 aromatic heterocycles. The van der Waals surface area contributed by atoms with Gasteiger partial charge in [0, 0.05) is 45.0 Å². The number of amides is 1. The molecule has 0 saturated carbocycles. The molecule has 5 nitrogen and oxygen atoms in total. The van der Waals surface area contributed by atoms with Gasteiger partial charge in [0.25, 0.3) is 5.91 Å². The molecule has 0 unspecified atom stereocenters. The average Bonchev–Trinajstić information content (AvgIpc) is 2.68. The molecule has 1 saturated heterocycles. The summed E-state index contributed by atoms with van der Waals surface area (Å²) in [6, 6.07) is 19.9. The fourth-order valence-corrected chi connectivity index (χ4v) is 2.94. The van der Waals surface area contributed by atoms with E-state index in [0.29, 0.717) is 6.54 Å². The number of anilines is 1. The van der Waals surface area contributed by atoms with Gasteiger partial charge in [-0.05, 0) is 24.3 Å². The maximum atomic E-state index is 11.8. The minimum atomic E-state index is -0.0771. The molecule has 132 valence electrons. The first-order valence-electron chi connectivity index (χ1n) is 8.78. The Kier molecular flexibility index (Phi) is 6.29. The van der Waals surface area contributed by atoms with Crippen LogP contribution in [0.15, 0.2) is 60.7 Å². The van der Waals surface area contributed by atoms with E-state index in [1.54, 1.807) is 0 Å². The van der Waals surface area contributed by atoms with Gasteiger partial charge in [0.1, 0.15) is 5.75 Å². The quantitative estimate of drug-likeness (QED) is 0.838. The highest BCUT2D eigenvalue weighted by molar-refractivity contribution is 5.77. The second-order valence-corrected chi connectivity index (χ2v) is 6.12. The number of para-hydroxylation sites is 2. The third kappa shape index (κ3) is 5.50. The van der Waals surface area contributed by atoms with Crippen LogP contribution in [0.1, 0.15) is 0 Å². The van der Waals surface area contributed by atoms with Crippen molar-refractivity contribution in [3.8, 4) is 5.75 Å². The van der Waals surface area contributed by atoms with E-state index in [9.17, 15) is 4.79 Å². The van der Waals surface area contributed by atoms with Gasteiger partial charge in [-0.25, -0.2) is 0 Å². The number of hydrogen-bond acceptors (Lipinski definition) is 4. The Morgan fingerprint density at radius 2 is 1.56 bits per heavy atom. The van der Waals surface area contributed by atoms with Gasteiger partial charge in [-0.15, -0.1) is 0 Å². The molecule has 1 amide bonds. The minimum Gasteiger partial charge on any atom is -0.484 e. The number of nitrogens with zero attached hydrogens (tertiary/aromatic N) is 2. The minimum absolute atomic E-state index is 0.0613. The summed E-state index contributed by atoms with van der Waals surface area (Å²) in [6.07, 6.45) is 0. The molecular weight excluding hydrogens is 314 g/mol. The molecule has 25 heavy (non-hydrogen) atoms. The van der Waals surface area contributed by atoms with E-state index in [1.807, 2.05) is 36.4 Å². The molecule has 1 heterocycles. The molecule has 1 aliphatic rings. The van der Waals surface area contributed by atoms with E-state index in [4.69, 9.17) is 4.74 Å². The van der Waals surface area contributed by atoms with Crippen LogP contribution in [0, 0.1) is 0 Å². The van der Waals surface area contributed by atoms with Crippen LogP contribution in [0.2, 0.25) is 0 Å². The van der Waals surface area contributed by atoms with Gasteiger partial charge in [0.15, 0.2) is 6.61 Å². The summed E-state index contributed by atoms with van der Waals surface area (Å²) in [5.74, 6) is 0.640. The van der Waals surface area contributed by atoms with Crippen molar-refractivity contribution in [3.05, 3.63) is 60.7 Å². The molecule has 0 radical (unpaired) electrons. The Morgan fingerprint density at radius 1 is 0.920 bits per heavy atom. The maximum Gasteiger partial charge on any atom is 0.257 e. The van der Waals surface area contributed by atoms with Crippen LogP contribution < -0.4 is 15.0 Å². The summed E-state index contributed by atoms with van der Waals surface area (Å²) < 4.78 is 5.44. The van der Waals surface area contributed by atoms with Gasteiger partial charge >= 0.3 is 0 Å². The first-order valence-corrected chi connectivity index (χ1v) is 8.78. The van der Waals surface area contributed by atoms with Gasteiger partial charge in [0.2, 0.25) is 0 Å². The zero-order valence-electron chi connectivity index (χ0n) is 14.4. The predicted molar refractivity (Wildman–Crippen MR) is 100 cm³/mol. The summed E-state index contributed by atoms with van der Waals surface area (Å²) in [5.41, 5.74) is 1.29. The molecule has 0 bridgehead atoms. The molecule has 5 heteroatoms. The van der Waals surface area contributed by atoms with Crippen molar-refractivity contribution >= 4 is 11.6 Å². The van der Waals surface area contributed by atoms with Crippen LogP contribution in [0.4, 0.5) is 5.69 Å². The topological polar surface area (TPSA) is 44.8 Å². The third-order valence-corrected chi connectivity index (χ3v) is 4.36. The number of carbonyl (C=O) groups excluding carboxylic acids is 1. The lowest BCUT2D eigenvalue weighted by Gasteiger charge is -2.36. The molecule has 2 aromatic rings. The van der Waals surface area contributed by atoms with Crippen LogP contribution in [-0.2, 0) is 4.79 Å². The van der Waals surface area contributed by atoms with Gasteiger partial charge in [-0.3, -0.25) is 9.69 Å². The number of hydrogen-bond donors (Lipinski definition) is 1. The molecule has 0 aliphatic carbocycles. The van der Waals surface area contributed by atoms with Crippen molar-refractivity contribution < 1.29 is 9.53 Å². The van der Waals surface area contributed by atoms with Gasteiger partial charge in [-0.1, -0.05) is 36.4 Å². The van der Waals surface area contributed by atoms with Crippen molar-refractivity contribution in [2.24, 2.45) is 0 Å². The van der Waals surface area contributed by atoms with Crippen molar-refractivity contribution in [2.45, 2.75) is 0 Å². The second kappa shape index (κ2) is 9.08. The van der Waals surface area contributed by atoms with E-state index in [0.717, 1.165) is 38.5 Å². The smallest absolute Gasteiger partial charge is 0.257 e. The Balaban J connectivity index is 1.30. The Labute approximate surface area is 149 Å². The molecule has 2 aromatic carbocycles. The summed E-state index contributed by atoms with van der Waals surface area (Å²) in [7, 11) is 0. The average molecular weight is 339 g/mol. The number of carbonyl (C=O) groups is 1. The van der Waals surface area contributed by atoms with Crippen molar-refractivity contribution in [1.82, 2.24) is 10.2 Å². The first-order chi connectivity index (χ1) is 12.3. The van der Waals surface area contributed by atoms with E-state index >= 15 is 0 Å². The molecule has 1 aliphatic heterocycles. The summed E-state index contributed by atoms with van der Waals surface area (Å²) in [4.78, 5) is 16.6. The van der Waals surface area contributed by atoms with Crippen LogP contribution in [0.5, 0.6) is 5.75 Å². The summed E-state index contributed by atoms with van der Waals surface area (Å²) >= 11 is 0. The van der Waals surface area contributed by atoms with E-state index < -0.39 is 0 Å². The Morgan fingerprint density at radius 3 is 2.24 bits per heavy atom. The molecule has 0 atom stereocenters. The van der Waals surface area contributed by atoms with Crippen LogP contribution >= 0.6 is 0 Å². The molecule has 1 fully saturated rings. The SMILES string of the molecule is O=C(COc1ccccc1)NCCN1CCN(c2ccccc2)CC1. The first kappa shape index (κ1) is 17.3. The normalized spacial score (nSPS) is 15.0. The Hall–Kier alpha value is -2.53. The van der Waals surface area contributed by atoms with Gasteiger partial charge < -0.3 is 15.0 Å². The zero-order valence-corrected chi connectivity index (χ0v) is 14.4. The fourth-order valence-electron chi connectivity index (χ4n) is 2.94. The maximum absolute atomic E-state index is 11.8. The molecule has 1 N–H and O–H groups in total. The number of rotatable bonds is 7. The predicted octanol–water partition coefficient (Wildman–Crippen LogP) is 2.00. The largest absolute Gasteiger partial charge is 0.484 e. The van der Waals surface area contributed by atoms with Crippen LogP contribution in [0.25, 0.3) is 0 Å². The molecule has 3 rings (SSSR count). The fraction of sp³-hybridized carbons (Fsp3) is 0.350. The number of piperazine rings is 1. The summed E-state index contributed by atoms with van der Waals surface area (Å²) in [5, 5.41) is 2.92. The third-order valence-electron chi connectivity index (χ3n) is 4.36. The van der Waals surface area contributed by atoms with E-state index in [-0.39, 0.29) is 12.5 Å². The zero-order chi connectivity index (χ0) is 17.3. The summed E-state index contributed by atoms with van der Waals surface area (Å²) in [6.45, 7) is 5.68. The van der Waals surface area contributed by atoms with E-state index in [1.165, 1.54) is 5.69 Å². The van der Waals surface area contributed by atoms with E-state index in [2.05, 4.69) is 39.4 Å². The van der Waals surface area contributed by atoms with Crippen molar-refractivity contribution in [1.29, 1.82) is 0 Å². The van der Waals surface area contributed by atoms with Crippen LogP contribution in [-0.4, -0.2) is 56.7 Å². The Bertz CT molecular complexity index is 641. The van der Waals surface area contributed by atoms with Crippen molar-refractivity contribution in [2.75, 3.05) is 50.8 Å². The molecular formula is C20H25N3O2. The second-order valence-electron chi connectivity index (χ2n) is 6.12. The van der Waals surface area contributed by atoms with Crippen molar-refractivity contribution in [3.63, 3.8) is 0 Å². The van der Waals surface area contributed by atoms with Crippen LogP contribution in [0.3, 0.4) is 0 Å². The standard InChI is InChI=1S/C20H25N3O2/c24-20(17-25-19-9-5-2-6-10-19)21-11-12-22-13-15-23(16-14-22)18-7-3-1-4-8-18/h1-10H,11-17H2,(H,21,24). The highest BCUT2D eigenvalue weighted by Gasteiger charge is 2.16.